The van der Waals surface area contributed by atoms with Crippen molar-refractivity contribution in [2.24, 2.45) is 5.92 Å². The molecule has 1 N–H and O–H groups in total. The van der Waals surface area contributed by atoms with Crippen molar-refractivity contribution in [2.75, 3.05) is 20.8 Å². The van der Waals surface area contributed by atoms with Gasteiger partial charge in [-0.05, 0) is 43.5 Å². The summed E-state index contributed by atoms with van der Waals surface area (Å²) in [4.78, 5) is 2.31. The van der Waals surface area contributed by atoms with Gasteiger partial charge in [0.1, 0.15) is 17.3 Å². The fraction of sp³-hybridized carbons (Fsp3) is 0.500. The molecule has 4 rings (SSSR count). The van der Waals surface area contributed by atoms with E-state index in [0.717, 1.165) is 49.2 Å². The summed E-state index contributed by atoms with van der Waals surface area (Å²) < 4.78 is 25.6. The van der Waals surface area contributed by atoms with Crippen molar-refractivity contribution in [3.8, 4) is 11.5 Å². The maximum atomic E-state index is 14.4. The Morgan fingerprint density at radius 3 is 2.69 bits per heavy atom. The third-order valence-electron chi connectivity index (χ3n) is 6.76. The average Bonchev–Trinajstić information content (AvgIpc) is 2.74. The number of nitrogens with zero attached hydrogens (tertiary/aromatic N) is 1. The van der Waals surface area contributed by atoms with Gasteiger partial charge < -0.3 is 14.6 Å². The molecule has 2 aromatic carbocycles. The Bertz CT molecular complexity index is 858. The van der Waals surface area contributed by atoms with E-state index in [0.29, 0.717) is 18.7 Å². The third-order valence-corrected chi connectivity index (χ3v) is 6.76. The number of rotatable bonds is 5. The van der Waals surface area contributed by atoms with Crippen molar-refractivity contribution in [3.63, 3.8) is 0 Å². The average molecular weight is 400 g/mol. The number of hydrogen-bond donors (Lipinski definition) is 1. The monoisotopic (exact) mass is 399 g/mol. The van der Waals surface area contributed by atoms with Gasteiger partial charge in [0.25, 0.3) is 0 Å². The van der Waals surface area contributed by atoms with Gasteiger partial charge in [-0.25, -0.2) is 4.39 Å². The zero-order valence-electron chi connectivity index (χ0n) is 17.2. The van der Waals surface area contributed by atoms with Crippen molar-refractivity contribution < 1.29 is 19.0 Å². The molecular weight excluding hydrogens is 369 g/mol. The topological polar surface area (TPSA) is 41.9 Å². The summed E-state index contributed by atoms with van der Waals surface area (Å²) in [6.07, 6.45) is 4.66. The molecule has 2 aromatic rings. The number of halogens is 1. The maximum Gasteiger partial charge on any atom is 0.127 e. The maximum absolute atomic E-state index is 14.4. The zero-order chi connectivity index (χ0) is 20.4. The molecule has 0 bridgehead atoms. The number of methoxy groups -OCH3 is 2. The predicted octanol–water partition coefficient (Wildman–Crippen LogP) is 4.71. The SMILES string of the molecule is COc1ccc(OC)c(C2C3CCCCC3(O)CCN2Cc2ccccc2F)c1. The fourth-order valence-electron chi connectivity index (χ4n) is 5.25. The van der Waals surface area contributed by atoms with Gasteiger partial charge in [0.05, 0.1) is 19.8 Å². The van der Waals surface area contributed by atoms with E-state index in [1.54, 1.807) is 20.3 Å². The molecule has 0 radical (unpaired) electrons. The van der Waals surface area contributed by atoms with E-state index in [4.69, 9.17) is 9.47 Å². The van der Waals surface area contributed by atoms with Crippen LogP contribution in [0.1, 0.15) is 49.3 Å². The number of aliphatic hydroxyl groups is 1. The van der Waals surface area contributed by atoms with Crippen molar-refractivity contribution in [1.82, 2.24) is 4.90 Å². The molecule has 3 atom stereocenters. The van der Waals surface area contributed by atoms with Gasteiger partial charge in [0, 0.05) is 36.2 Å². The van der Waals surface area contributed by atoms with Crippen LogP contribution in [0.4, 0.5) is 4.39 Å². The Morgan fingerprint density at radius 1 is 1.10 bits per heavy atom. The number of fused-ring (bicyclic) bond motifs is 1. The molecule has 1 saturated heterocycles. The first kappa shape index (κ1) is 20.2. The highest BCUT2D eigenvalue weighted by Crippen LogP contribution is 2.51. The second-order valence-corrected chi connectivity index (χ2v) is 8.32. The number of hydrogen-bond acceptors (Lipinski definition) is 4. The lowest BCUT2D eigenvalue weighted by Gasteiger charge is -2.53. The standard InChI is InChI=1S/C24H30FNO3/c1-28-18-10-11-22(29-2)19(15-18)23-20-8-5-6-12-24(20,27)13-14-26(23)16-17-7-3-4-9-21(17)25/h3-4,7,9-11,15,20,23,27H,5-6,8,12-14,16H2,1-2H3. The lowest BCUT2D eigenvalue weighted by molar-refractivity contribution is -0.126. The molecule has 1 aliphatic heterocycles. The van der Waals surface area contributed by atoms with E-state index >= 15 is 0 Å². The van der Waals surface area contributed by atoms with Crippen LogP contribution in [-0.4, -0.2) is 36.4 Å². The van der Waals surface area contributed by atoms with E-state index in [9.17, 15) is 9.50 Å². The first-order valence-corrected chi connectivity index (χ1v) is 10.5. The summed E-state index contributed by atoms with van der Waals surface area (Å²) in [5.41, 5.74) is 1.01. The van der Waals surface area contributed by atoms with E-state index < -0.39 is 5.60 Å². The quantitative estimate of drug-likeness (QED) is 0.791. The summed E-state index contributed by atoms with van der Waals surface area (Å²) in [7, 11) is 3.32. The van der Waals surface area contributed by atoms with Crippen LogP contribution in [0.2, 0.25) is 0 Å². The molecule has 29 heavy (non-hydrogen) atoms. The highest BCUT2D eigenvalue weighted by molar-refractivity contribution is 5.43. The molecule has 0 spiro atoms. The van der Waals surface area contributed by atoms with Crippen LogP contribution in [-0.2, 0) is 6.54 Å². The van der Waals surface area contributed by atoms with E-state index in [2.05, 4.69) is 4.90 Å². The largest absolute Gasteiger partial charge is 0.497 e. The van der Waals surface area contributed by atoms with Crippen LogP contribution in [0.3, 0.4) is 0 Å². The second-order valence-electron chi connectivity index (χ2n) is 8.32. The molecule has 4 nitrogen and oxygen atoms in total. The Labute approximate surface area is 172 Å². The fourth-order valence-corrected chi connectivity index (χ4v) is 5.25. The first-order valence-electron chi connectivity index (χ1n) is 10.5. The van der Waals surface area contributed by atoms with Crippen molar-refractivity contribution >= 4 is 0 Å². The molecule has 2 aliphatic rings. The van der Waals surface area contributed by atoms with Gasteiger partial charge in [-0.2, -0.15) is 0 Å². The summed E-state index contributed by atoms with van der Waals surface area (Å²) in [5.74, 6) is 1.44. The normalized spacial score (nSPS) is 27.3. The number of likely N-dealkylation sites (tertiary alicyclic amines) is 1. The van der Waals surface area contributed by atoms with Crippen LogP contribution in [0.15, 0.2) is 42.5 Å². The highest BCUT2D eigenvalue weighted by Gasteiger charge is 2.49. The minimum atomic E-state index is -0.678. The van der Waals surface area contributed by atoms with Gasteiger partial charge >= 0.3 is 0 Å². The molecule has 0 aromatic heterocycles. The summed E-state index contributed by atoms with van der Waals surface area (Å²) in [6, 6.07) is 12.7. The van der Waals surface area contributed by atoms with Gasteiger partial charge in [-0.15, -0.1) is 0 Å². The molecule has 0 amide bonds. The highest BCUT2D eigenvalue weighted by atomic mass is 19.1. The Hall–Kier alpha value is -2.11. The molecule has 5 heteroatoms. The van der Waals surface area contributed by atoms with Crippen molar-refractivity contribution in [1.29, 1.82) is 0 Å². The first-order chi connectivity index (χ1) is 14.1. The lowest BCUT2D eigenvalue weighted by atomic mass is 9.66. The molecule has 156 valence electrons. The molecule has 1 saturated carbocycles. The van der Waals surface area contributed by atoms with E-state index in [1.807, 2.05) is 30.3 Å². The minimum Gasteiger partial charge on any atom is -0.497 e. The number of ether oxygens (including phenoxy) is 2. The number of benzene rings is 2. The van der Waals surface area contributed by atoms with Crippen LogP contribution in [0.25, 0.3) is 0 Å². The zero-order valence-corrected chi connectivity index (χ0v) is 17.2. The van der Waals surface area contributed by atoms with Crippen molar-refractivity contribution in [2.45, 2.75) is 50.3 Å². The van der Waals surface area contributed by atoms with Gasteiger partial charge in [0.15, 0.2) is 0 Å². The number of piperidine rings is 1. The van der Waals surface area contributed by atoms with Gasteiger partial charge in [-0.3, -0.25) is 4.90 Å². The van der Waals surface area contributed by atoms with E-state index in [-0.39, 0.29) is 17.8 Å². The minimum absolute atomic E-state index is 0.0568. The second kappa shape index (κ2) is 8.33. The summed E-state index contributed by atoms with van der Waals surface area (Å²) in [5, 5.41) is 11.5. The molecule has 3 unspecified atom stereocenters. The molecular formula is C24H30FNO3. The Morgan fingerprint density at radius 2 is 1.93 bits per heavy atom. The predicted molar refractivity (Wildman–Crippen MR) is 111 cm³/mol. The smallest absolute Gasteiger partial charge is 0.127 e. The lowest BCUT2D eigenvalue weighted by Crippen LogP contribution is -2.54. The molecule has 2 fully saturated rings. The Kier molecular flexibility index (Phi) is 5.79. The molecule has 1 aliphatic carbocycles. The van der Waals surface area contributed by atoms with Gasteiger partial charge in [-0.1, -0.05) is 31.0 Å². The van der Waals surface area contributed by atoms with Gasteiger partial charge in [0.2, 0.25) is 0 Å². The van der Waals surface area contributed by atoms with Crippen LogP contribution >= 0.6 is 0 Å². The summed E-state index contributed by atoms with van der Waals surface area (Å²) >= 11 is 0. The Balaban J connectivity index is 1.78. The van der Waals surface area contributed by atoms with E-state index in [1.165, 1.54) is 6.07 Å². The van der Waals surface area contributed by atoms with Crippen LogP contribution < -0.4 is 9.47 Å². The molecule has 1 heterocycles. The third kappa shape index (κ3) is 3.86. The van der Waals surface area contributed by atoms with Crippen LogP contribution in [0.5, 0.6) is 11.5 Å². The van der Waals surface area contributed by atoms with Crippen molar-refractivity contribution in [3.05, 3.63) is 59.4 Å². The summed E-state index contributed by atoms with van der Waals surface area (Å²) in [6.45, 7) is 1.22. The van der Waals surface area contributed by atoms with Crippen LogP contribution in [0, 0.1) is 11.7 Å².